The predicted octanol–water partition coefficient (Wildman–Crippen LogP) is 5.32. The van der Waals surface area contributed by atoms with Crippen LogP contribution in [-0.4, -0.2) is 70.8 Å². The summed E-state index contributed by atoms with van der Waals surface area (Å²) in [5.41, 5.74) is 3.23. The van der Waals surface area contributed by atoms with Crippen molar-refractivity contribution in [2.24, 2.45) is 5.92 Å². The van der Waals surface area contributed by atoms with Gasteiger partial charge in [-0.2, -0.15) is 0 Å². The number of aryl methyl sites for hydroxylation is 1. The maximum absolute atomic E-state index is 15.4. The molecule has 2 aromatic heterocycles. The molecule has 8 rings (SSSR count). The Balaban J connectivity index is 1.18. The van der Waals surface area contributed by atoms with Crippen molar-refractivity contribution in [3.05, 3.63) is 124 Å². The third kappa shape index (κ3) is 6.16. The number of aliphatic hydroxyl groups is 1. The number of aliphatic hydroxyl groups excluding tert-OH is 1. The predicted molar refractivity (Wildman–Crippen MR) is 213 cm³/mol. The number of carbonyl (C=O) groups is 1. The summed E-state index contributed by atoms with van der Waals surface area (Å²) in [5.74, 6) is 1.12. The third-order valence-corrected chi connectivity index (χ3v) is 16.1. The monoisotopic (exact) mass is 758 g/mol. The molecule has 4 atom stereocenters. The molecule has 2 N–H and O–H groups in total. The van der Waals surface area contributed by atoms with Gasteiger partial charge in [-0.1, -0.05) is 66.8 Å². The third-order valence-electron chi connectivity index (χ3n) is 11.7. The molecule has 0 saturated carbocycles. The highest BCUT2D eigenvalue weighted by atomic mass is 28.3. The molecule has 284 valence electrons. The van der Waals surface area contributed by atoms with Crippen LogP contribution in [0.25, 0.3) is 16.6 Å². The van der Waals surface area contributed by atoms with Crippen LogP contribution < -0.4 is 25.1 Å². The van der Waals surface area contributed by atoms with E-state index in [9.17, 15) is 9.90 Å². The fraction of sp³-hybridized carbons (Fsp3) is 0.333. The normalized spacial score (nSPS) is 20.8. The maximum atomic E-state index is 15.4. The molecule has 0 aliphatic carbocycles. The number of fused-ring (bicyclic) bond motifs is 3. The highest BCUT2D eigenvalue weighted by Crippen LogP contribution is 2.60. The van der Waals surface area contributed by atoms with Crippen molar-refractivity contribution < 1.29 is 24.1 Å². The van der Waals surface area contributed by atoms with Gasteiger partial charge in [0.15, 0.2) is 5.60 Å². The van der Waals surface area contributed by atoms with Crippen LogP contribution >= 0.6 is 0 Å². The van der Waals surface area contributed by atoms with Crippen LogP contribution in [0, 0.1) is 5.92 Å². The topological polar surface area (TPSA) is 137 Å². The number of aromatic nitrogens is 5. The van der Waals surface area contributed by atoms with Gasteiger partial charge in [0.25, 0.3) is 11.5 Å². The summed E-state index contributed by atoms with van der Waals surface area (Å²) < 4.78 is 21.9. The maximum Gasteiger partial charge on any atom is 0.279 e. The van der Waals surface area contributed by atoms with E-state index in [1.165, 1.54) is 5.19 Å². The van der Waals surface area contributed by atoms with Crippen LogP contribution in [0.15, 0.2) is 102 Å². The number of H-pyrrole nitrogens is 1. The zero-order valence-corrected chi connectivity index (χ0v) is 32.7. The lowest BCUT2D eigenvalue weighted by Crippen LogP contribution is -2.51. The van der Waals surface area contributed by atoms with E-state index in [0.29, 0.717) is 36.2 Å². The fourth-order valence-electron chi connectivity index (χ4n) is 9.00. The first-order valence-electron chi connectivity index (χ1n) is 18.7. The Labute approximate surface area is 320 Å². The molecule has 2 aliphatic rings. The lowest BCUT2D eigenvalue weighted by Gasteiger charge is -2.37. The van der Waals surface area contributed by atoms with Crippen molar-refractivity contribution in [1.29, 1.82) is 0 Å². The van der Waals surface area contributed by atoms with E-state index in [-0.39, 0.29) is 42.2 Å². The average Bonchev–Trinajstić information content (AvgIpc) is 3.94. The van der Waals surface area contributed by atoms with Crippen LogP contribution in [0.1, 0.15) is 30.2 Å². The molecule has 2 aliphatic heterocycles. The summed E-state index contributed by atoms with van der Waals surface area (Å²) in [5, 5.41) is 23.1. The van der Waals surface area contributed by atoms with Gasteiger partial charge in [0.1, 0.15) is 11.5 Å². The van der Waals surface area contributed by atoms with Gasteiger partial charge in [-0.25, -0.2) is 4.68 Å². The van der Waals surface area contributed by atoms with Crippen molar-refractivity contribution in [1.82, 2.24) is 24.8 Å². The standard InChI is InChI=1S/C42H46N6O6Si/c1-27-39(55(4,5)33-16-13-31(52-2)14-17-33)38(19-21-46-26-29(20-22-49)43-45-46)54-42(27)35-24-32(53-3)15-18-37(35)47(41(42)51)25-28-9-8-10-30(23-28)48-40(50)34-11-6-7-12-36(34)44-48/h6-18,23-24,26-27,38-39,44,49H,19-22,25H2,1-5H3/t27-,38+,39-,42+/m0/s1. The first-order chi connectivity index (χ1) is 26.6. The number of anilines is 1. The van der Waals surface area contributed by atoms with E-state index in [2.05, 4.69) is 47.6 Å². The zero-order valence-electron chi connectivity index (χ0n) is 31.7. The van der Waals surface area contributed by atoms with E-state index < -0.39 is 13.7 Å². The van der Waals surface area contributed by atoms with Gasteiger partial charge in [0.2, 0.25) is 0 Å². The molecule has 4 aromatic carbocycles. The molecule has 0 radical (unpaired) electrons. The van der Waals surface area contributed by atoms with E-state index in [1.54, 1.807) is 23.6 Å². The summed E-state index contributed by atoms with van der Waals surface area (Å²) in [6.07, 6.45) is 2.62. The van der Waals surface area contributed by atoms with Crippen LogP contribution in [-0.2, 0) is 34.6 Å². The SMILES string of the molecule is COc1ccc([Si](C)(C)[C@@H]2[C@@H](CCn3cc(CCO)nn3)O[C@]3(C(=O)N(Cc4cccc(-n5[nH]c6ccccc6c5=O)c4)c4ccc(OC)cc43)[C@H]2C)cc1. The molecular formula is C42H46N6O6Si. The highest BCUT2D eigenvalue weighted by molar-refractivity contribution is 6.91. The summed E-state index contributed by atoms with van der Waals surface area (Å²) >= 11 is 0. The molecule has 0 bridgehead atoms. The number of aromatic amines is 1. The number of nitrogens with one attached hydrogen (secondary N) is 1. The van der Waals surface area contributed by atoms with Crippen molar-refractivity contribution in [2.75, 3.05) is 25.7 Å². The lowest BCUT2D eigenvalue weighted by molar-refractivity contribution is -0.146. The molecule has 0 unspecified atom stereocenters. The number of nitrogens with zero attached hydrogens (tertiary/aromatic N) is 5. The Morgan fingerprint density at radius 1 is 0.945 bits per heavy atom. The van der Waals surface area contributed by atoms with Gasteiger partial charge >= 0.3 is 0 Å². The molecule has 1 spiro atoms. The highest BCUT2D eigenvalue weighted by Gasteiger charge is 2.66. The Bertz CT molecular complexity index is 2420. The second-order valence-electron chi connectivity index (χ2n) is 15.1. The number of para-hydroxylation sites is 1. The Morgan fingerprint density at radius 2 is 1.71 bits per heavy atom. The number of amides is 1. The Morgan fingerprint density at radius 3 is 2.45 bits per heavy atom. The number of hydrogen-bond donors (Lipinski definition) is 2. The van der Waals surface area contributed by atoms with Gasteiger partial charge in [-0.3, -0.25) is 19.4 Å². The Kier molecular flexibility index (Phi) is 9.48. The molecule has 1 amide bonds. The van der Waals surface area contributed by atoms with Gasteiger partial charge in [0.05, 0.1) is 62.9 Å². The number of ether oxygens (including phenoxy) is 3. The second-order valence-corrected chi connectivity index (χ2v) is 19.8. The minimum absolute atomic E-state index is 0.00149. The van der Waals surface area contributed by atoms with Crippen LogP contribution in [0.3, 0.4) is 0 Å². The van der Waals surface area contributed by atoms with Gasteiger partial charge in [0, 0.05) is 37.3 Å². The minimum Gasteiger partial charge on any atom is -0.497 e. The molecule has 13 heteroatoms. The van der Waals surface area contributed by atoms with Crippen molar-refractivity contribution >= 4 is 35.8 Å². The number of carbonyl (C=O) groups excluding carboxylic acids is 1. The van der Waals surface area contributed by atoms with Crippen LogP contribution in [0.4, 0.5) is 5.69 Å². The van der Waals surface area contributed by atoms with Crippen LogP contribution in [0.2, 0.25) is 18.6 Å². The zero-order chi connectivity index (χ0) is 38.5. The molecule has 4 heterocycles. The summed E-state index contributed by atoms with van der Waals surface area (Å²) in [6.45, 7) is 7.72. The quantitative estimate of drug-likeness (QED) is 0.160. The first-order valence-corrected chi connectivity index (χ1v) is 21.8. The van der Waals surface area contributed by atoms with Crippen molar-refractivity contribution in [3.63, 3.8) is 0 Å². The summed E-state index contributed by atoms with van der Waals surface area (Å²) in [6, 6.07) is 29.3. The molecule has 12 nitrogen and oxygen atoms in total. The largest absolute Gasteiger partial charge is 0.497 e. The molecule has 1 saturated heterocycles. The van der Waals surface area contributed by atoms with Crippen LogP contribution in [0.5, 0.6) is 11.5 Å². The molecular weight excluding hydrogens is 713 g/mol. The number of rotatable bonds is 12. The van der Waals surface area contributed by atoms with E-state index in [4.69, 9.17) is 14.2 Å². The smallest absolute Gasteiger partial charge is 0.279 e. The molecule has 6 aromatic rings. The molecule has 55 heavy (non-hydrogen) atoms. The average molecular weight is 759 g/mol. The van der Waals surface area contributed by atoms with Crippen molar-refractivity contribution in [2.45, 2.75) is 63.2 Å². The van der Waals surface area contributed by atoms with E-state index >= 15 is 4.79 Å². The van der Waals surface area contributed by atoms with Gasteiger partial charge < -0.3 is 24.2 Å². The minimum atomic E-state index is -2.38. The number of methoxy groups -OCH3 is 2. The van der Waals surface area contributed by atoms with Crippen molar-refractivity contribution in [3.8, 4) is 17.2 Å². The van der Waals surface area contributed by atoms with E-state index in [0.717, 1.165) is 33.8 Å². The molecule has 1 fully saturated rings. The lowest BCUT2D eigenvalue weighted by atomic mass is 9.82. The Hall–Kier alpha value is -5.50. The second kappa shape index (κ2) is 14.3. The number of benzene rings is 4. The summed E-state index contributed by atoms with van der Waals surface area (Å²) in [7, 11) is 0.923. The number of hydrogen-bond acceptors (Lipinski definition) is 8. The summed E-state index contributed by atoms with van der Waals surface area (Å²) in [4.78, 5) is 30.5. The van der Waals surface area contributed by atoms with E-state index in [1.807, 2.05) is 90.0 Å². The first kappa shape index (κ1) is 36.5. The fourth-order valence-corrected chi connectivity index (χ4v) is 13.1. The van der Waals surface area contributed by atoms with Gasteiger partial charge in [-0.05, 0) is 72.1 Å². The van der Waals surface area contributed by atoms with Gasteiger partial charge in [-0.15, -0.1) is 5.10 Å².